The van der Waals surface area contributed by atoms with Crippen LogP contribution in [0, 0.1) is 0 Å². The number of benzene rings is 1. The highest BCUT2D eigenvalue weighted by atomic mass is 32.2. The Morgan fingerprint density at radius 1 is 1.10 bits per heavy atom. The Hall–Kier alpha value is -1.53. The molecular formula is C15H19N3O2S. The fourth-order valence-electron chi connectivity index (χ4n) is 2.95. The van der Waals surface area contributed by atoms with Crippen LogP contribution in [0.4, 0.5) is 0 Å². The van der Waals surface area contributed by atoms with Gasteiger partial charge in [-0.3, -0.25) is 9.98 Å². The van der Waals surface area contributed by atoms with Crippen molar-refractivity contribution in [1.29, 1.82) is 0 Å². The molecule has 2 heterocycles. The number of hydrogen-bond donors (Lipinski definition) is 0. The van der Waals surface area contributed by atoms with Crippen molar-refractivity contribution in [2.75, 3.05) is 19.3 Å². The van der Waals surface area contributed by atoms with E-state index < -0.39 is 15.7 Å². The first-order chi connectivity index (χ1) is 9.90. The van der Waals surface area contributed by atoms with Gasteiger partial charge < -0.3 is 0 Å². The van der Waals surface area contributed by atoms with E-state index in [2.05, 4.69) is 0 Å². The van der Waals surface area contributed by atoms with E-state index in [9.17, 15) is 8.42 Å². The maximum Gasteiger partial charge on any atom is 0.211 e. The molecule has 0 radical (unpaired) electrons. The predicted molar refractivity (Wildman–Crippen MR) is 84.5 cm³/mol. The van der Waals surface area contributed by atoms with Crippen molar-refractivity contribution in [1.82, 2.24) is 4.31 Å². The number of hydrogen-bond acceptors (Lipinski definition) is 4. The summed E-state index contributed by atoms with van der Waals surface area (Å²) in [5.41, 5.74) is 2.48. The first-order valence-corrected chi connectivity index (χ1v) is 8.92. The van der Waals surface area contributed by atoms with E-state index in [-0.39, 0.29) is 0 Å². The molecular weight excluding hydrogens is 286 g/mol. The molecule has 0 unspecified atom stereocenters. The van der Waals surface area contributed by atoms with Gasteiger partial charge >= 0.3 is 0 Å². The van der Waals surface area contributed by atoms with E-state index in [0.29, 0.717) is 25.9 Å². The van der Waals surface area contributed by atoms with Gasteiger partial charge in [-0.1, -0.05) is 30.3 Å². The molecule has 0 aliphatic carbocycles. The Kier molecular flexibility index (Phi) is 3.45. The zero-order chi connectivity index (χ0) is 15.1. The van der Waals surface area contributed by atoms with E-state index >= 15 is 0 Å². The van der Waals surface area contributed by atoms with Crippen LogP contribution in [0.25, 0.3) is 0 Å². The van der Waals surface area contributed by atoms with Crippen LogP contribution < -0.4 is 0 Å². The monoisotopic (exact) mass is 305 g/mol. The van der Waals surface area contributed by atoms with Gasteiger partial charge in [-0.05, 0) is 6.92 Å². The third-order valence-electron chi connectivity index (χ3n) is 4.08. The first kappa shape index (κ1) is 14.4. The summed E-state index contributed by atoms with van der Waals surface area (Å²) >= 11 is 0. The molecule has 2 aliphatic heterocycles. The van der Waals surface area contributed by atoms with Crippen molar-refractivity contribution in [3.8, 4) is 0 Å². The standard InChI is InChI=1S/C15H19N3O2S/c1-12-14(13-6-4-3-5-7-13)17-15(16-12)8-10-18(11-9-15)21(2,19)20/h3-7H,8-11H2,1-2H3. The fraction of sp³-hybridized carbons (Fsp3) is 0.467. The van der Waals surface area contributed by atoms with Gasteiger partial charge in [0.1, 0.15) is 0 Å². The molecule has 1 fully saturated rings. The Morgan fingerprint density at radius 3 is 2.29 bits per heavy atom. The lowest BCUT2D eigenvalue weighted by Crippen LogP contribution is -2.44. The summed E-state index contributed by atoms with van der Waals surface area (Å²) < 4.78 is 24.7. The quantitative estimate of drug-likeness (QED) is 0.835. The molecule has 5 nitrogen and oxygen atoms in total. The Labute approximate surface area is 125 Å². The number of aliphatic imine (C=N–C) groups is 2. The average molecular weight is 305 g/mol. The molecule has 0 bridgehead atoms. The van der Waals surface area contributed by atoms with Gasteiger partial charge in [-0.15, -0.1) is 0 Å². The normalized spacial score (nSPS) is 22.2. The Balaban J connectivity index is 1.85. The van der Waals surface area contributed by atoms with Crippen LogP contribution in [0.1, 0.15) is 25.3 Å². The third-order valence-corrected chi connectivity index (χ3v) is 5.38. The van der Waals surface area contributed by atoms with Gasteiger partial charge in [0.2, 0.25) is 10.0 Å². The molecule has 1 aromatic carbocycles. The summed E-state index contributed by atoms with van der Waals surface area (Å²) in [5, 5.41) is 0. The zero-order valence-corrected chi connectivity index (χ0v) is 13.1. The van der Waals surface area contributed by atoms with E-state index in [1.807, 2.05) is 37.3 Å². The fourth-order valence-corrected chi connectivity index (χ4v) is 3.79. The van der Waals surface area contributed by atoms with Gasteiger partial charge in [0.25, 0.3) is 0 Å². The van der Waals surface area contributed by atoms with Crippen LogP contribution in [0.3, 0.4) is 0 Å². The van der Waals surface area contributed by atoms with Crippen LogP contribution in [-0.2, 0) is 10.0 Å². The minimum atomic E-state index is -3.11. The molecule has 6 heteroatoms. The number of sulfonamides is 1. The van der Waals surface area contributed by atoms with E-state index in [4.69, 9.17) is 9.98 Å². The summed E-state index contributed by atoms with van der Waals surface area (Å²) in [4.78, 5) is 9.58. The van der Waals surface area contributed by atoms with Crippen LogP contribution in [0.5, 0.6) is 0 Å². The smallest absolute Gasteiger partial charge is 0.211 e. The zero-order valence-electron chi connectivity index (χ0n) is 12.3. The van der Waals surface area contributed by atoms with Crippen molar-refractivity contribution < 1.29 is 8.42 Å². The van der Waals surface area contributed by atoms with Crippen molar-refractivity contribution in [2.24, 2.45) is 9.98 Å². The highest BCUT2D eigenvalue weighted by Crippen LogP contribution is 2.33. The summed E-state index contributed by atoms with van der Waals surface area (Å²) in [6.07, 6.45) is 2.55. The molecule has 21 heavy (non-hydrogen) atoms. The van der Waals surface area contributed by atoms with Gasteiger partial charge in [-0.25, -0.2) is 12.7 Å². The molecule has 3 rings (SSSR count). The number of nitrogens with zero attached hydrogens (tertiary/aromatic N) is 3. The molecule has 1 spiro atoms. The molecule has 0 amide bonds. The van der Waals surface area contributed by atoms with Gasteiger partial charge in [0.15, 0.2) is 5.66 Å². The second kappa shape index (κ2) is 5.03. The summed E-state index contributed by atoms with van der Waals surface area (Å²) in [7, 11) is -3.11. The summed E-state index contributed by atoms with van der Waals surface area (Å²) in [6, 6.07) is 10.0. The molecule has 2 aliphatic rings. The first-order valence-electron chi connectivity index (χ1n) is 7.07. The maximum absolute atomic E-state index is 11.6. The lowest BCUT2D eigenvalue weighted by Gasteiger charge is -2.33. The molecule has 0 aromatic heterocycles. The average Bonchev–Trinajstić information content (AvgIpc) is 2.76. The molecule has 0 saturated carbocycles. The van der Waals surface area contributed by atoms with Gasteiger partial charge in [0, 0.05) is 31.5 Å². The minimum Gasteiger partial charge on any atom is -0.258 e. The third kappa shape index (κ3) is 2.78. The van der Waals surface area contributed by atoms with Gasteiger partial charge in [-0.2, -0.15) is 0 Å². The van der Waals surface area contributed by atoms with E-state index in [1.165, 1.54) is 10.6 Å². The highest BCUT2D eigenvalue weighted by molar-refractivity contribution is 7.88. The second-order valence-corrected chi connectivity index (χ2v) is 7.65. The molecule has 0 N–H and O–H groups in total. The Bertz CT molecular complexity index is 700. The van der Waals surface area contributed by atoms with Crippen LogP contribution in [-0.4, -0.2) is 49.2 Å². The largest absolute Gasteiger partial charge is 0.258 e. The van der Waals surface area contributed by atoms with Crippen molar-refractivity contribution >= 4 is 21.4 Å². The predicted octanol–water partition coefficient (Wildman–Crippen LogP) is 1.70. The summed E-state index contributed by atoms with van der Waals surface area (Å²) in [6.45, 7) is 2.95. The Morgan fingerprint density at radius 2 is 1.71 bits per heavy atom. The molecule has 1 aromatic rings. The van der Waals surface area contributed by atoms with E-state index in [1.54, 1.807) is 0 Å². The molecule has 1 saturated heterocycles. The SMILES string of the molecule is CC1=NC2(CCN(S(C)(=O)=O)CC2)N=C1c1ccccc1. The number of piperidine rings is 1. The highest BCUT2D eigenvalue weighted by Gasteiger charge is 2.40. The maximum atomic E-state index is 11.6. The van der Waals surface area contributed by atoms with Crippen molar-refractivity contribution in [3.63, 3.8) is 0 Å². The van der Waals surface area contributed by atoms with Crippen molar-refractivity contribution in [3.05, 3.63) is 35.9 Å². The lowest BCUT2D eigenvalue weighted by atomic mass is 10.00. The topological polar surface area (TPSA) is 62.1 Å². The second-order valence-electron chi connectivity index (χ2n) is 5.67. The minimum absolute atomic E-state index is 0.462. The number of rotatable bonds is 2. The van der Waals surface area contributed by atoms with Crippen LogP contribution in [0.2, 0.25) is 0 Å². The molecule has 112 valence electrons. The van der Waals surface area contributed by atoms with Crippen molar-refractivity contribution in [2.45, 2.75) is 25.4 Å². The lowest BCUT2D eigenvalue weighted by molar-refractivity contribution is 0.250. The van der Waals surface area contributed by atoms with Crippen LogP contribution in [0.15, 0.2) is 40.3 Å². The van der Waals surface area contributed by atoms with Crippen LogP contribution >= 0.6 is 0 Å². The van der Waals surface area contributed by atoms with Gasteiger partial charge in [0.05, 0.1) is 17.7 Å². The summed E-state index contributed by atoms with van der Waals surface area (Å²) in [5.74, 6) is 0. The molecule has 0 atom stereocenters. The van der Waals surface area contributed by atoms with E-state index in [0.717, 1.165) is 17.0 Å².